The summed E-state index contributed by atoms with van der Waals surface area (Å²) in [6.45, 7) is 1.88. The minimum Gasteiger partial charge on any atom is -0.270 e. The lowest BCUT2D eigenvalue weighted by Gasteiger charge is -2.07. The van der Waals surface area contributed by atoms with Crippen LogP contribution < -0.4 is 0 Å². The van der Waals surface area contributed by atoms with Gasteiger partial charge in [0.15, 0.2) is 0 Å². The van der Waals surface area contributed by atoms with E-state index in [1.165, 1.54) is 5.39 Å². The fourth-order valence-corrected chi connectivity index (χ4v) is 2.61. The van der Waals surface area contributed by atoms with E-state index in [-0.39, 0.29) is 0 Å². The number of fused-ring (bicyclic) bond motifs is 1. The summed E-state index contributed by atoms with van der Waals surface area (Å²) < 4.78 is 2.89. The van der Waals surface area contributed by atoms with Crippen LogP contribution in [0.4, 0.5) is 0 Å². The minimum absolute atomic E-state index is 0.379. The number of hydrogen-bond acceptors (Lipinski definition) is 2. The van der Waals surface area contributed by atoms with Crippen LogP contribution in [0.3, 0.4) is 0 Å². The van der Waals surface area contributed by atoms with Gasteiger partial charge in [-0.05, 0) is 53.6 Å². The van der Waals surface area contributed by atoms with E-state index in [2.05, 4.69) is 50.4 Å². The molecule has 1 aromatic heterocycles. The molecule has 0 spiro atoms. The van der Waals surface area contributed by atoms with Crippen LogP contribution in [0.2, 0.25) is 5.28 Å². The number of hydrogen-bond donors (Lipinski definition) is 0. The topological polar surface area (TPSA) is 30.7 Å². The van der Waals surface area contributed by atoms with Gasteiger partial charge in [-0.1, -0.05) is 28.1 Å². The van der Waals surface area contributed by atoms with Gasteiger partial charge >= 0.3 is 0 Å². The van der Waals surface area contributed by atoms with Gasteiger partial charge < -0.3 is 0 Å². The molecule has 0 N–H and O–H groups in total. The number of halogens is 2. The fourth-order valence-electron chi connectivity index (χ4n) is 1.97. The molecule has 1 heterocycles. The summed E-state index contributed by atoms with van der Waals surface area (Å²) in [6, 6.07) is 12.3. The molecule has 0 unspecified atom stereocenters. The third-order valence-electron chi connectivity index (χ3n) is 2.83. The summed E-state index contributed by atoms with van der Waals surface area (Å²) in [4.78, 5) is 0. The zero-order chi connectivity index (χ0) is 12.7. The maximum absolute atomic E-state index is 6.04. The van der Waals surface area contributed by atoms with Crippen LogP contribution in [-0.2, 0) is 0 Å². The van der Waals surface area contributed by atoms with Crippen molar-refractivity contribution in [3.8, 4) is 5.69 Å². The highest BCUT2D eigenvalue weighted by molar-refractivity contribution is 9.10. The average molecular weight is 323 g/mol. The monoisotopic (exact) mass is 321 g/mol. The third kappa shape index (κ3) is 1.91. The van der Waals surface area contributed by atoms with E-state index >= 15 is 0 Å². The van der Waals surface area contributed by atoms with E-state index in [1.807, 2.05) is 23.6 Å². The normalized spacial score (nSPS) is 11.1. The van der Waals surface area contributed by atoms with Gasteiger partial charge in [0, 0.05) is 4.47 Å². The Labute approximate surface area is 118 Å². The molecule has 0 aliphatic carbocycles. The average Bonchev–Trinajstić information content (AvgIpc) is 2.69. The predicted octanol–water partition coefficient (Wildman–Crippen LogP) is 4.14. The Morgan fingerprint density at radius 1 is 1.06 bits per heavy atom. The first kappa shape index (κ1) is 11.7. The van der Waals surface area contributed by atoms with Crippen molar-refractivity contribution in [3.63, 3.8) is 0 Å². The minimum atomic E-state index is 0.379. The lowest BCUT2D eigenvalue weighted by molar-refractivity contribution is 0.971. The van der Waals surface area contributed by atoms with Crippen LogP contribution in [0.25, 0.3) is 16.5 Å². The molecule has 3 aromatic rings. The largest absolute Gasteiger partial charge is 0.270 e. The lowest BCUT2D eigenvalue weighted by Crippen LogP contribution is -1.96. The van der Waals surface area contributed by atoms with Crippen molar-refractivity contribution in [2.24, 2.45) is 0 Å². The second-order valence-electron chi connectivity index (χ2n) is 4.03. The van der Waals surface area contributed by atoms with Crippen LogP contribution in [0.1, 0.15) is 5.82 Å². The van der Waals surface area contributed by atoms with Gasteiger partial charge in [-0.3, -0.25) is 4.57 Å². The maximum atomic E-state index is 6.04. The molecule has 0 fully saturated rings. The molecule has 0 atom stereocenters. The Morgan fingerprint density at radius 3 is 2.50 bits per heavy atom. The Bertz CT molecular complexity index is 717. The van der Waals surface area contributed by atoms with E-state index in [1.54, 1.807) is 0 Å². The van der Waals surface area contributed by atoms with Gasteiger partial charge in [0.2, 0.25) is 5.28 Å². The van der Waals surface area contributed by atoms with Crippen LogP contribution in [0, 0.1) is 6.92 Å². The quantitative estimate of drug-likeness (QED) is 0.674. The van der Waals surface area contributed by atoms with Gasteiger partial charge in [0.1, 0.15) is 5.82 Å². The van der Waals surface area contributed by atoms with Crippen molar-refractivity contribution >= 4 is 38.3 Å². The summed E-state index contributed by atoms with van der Waals surface area (Å²) in [6.07, 6.45) is 0. The fraction of sp³-hybridized carbons (Fsp3) is 0.0769. The number of nitrogens with zero attached hydrogens (tertiary/aromatic N) is 3. The molecule has 0 radical (unpaired) electrons. The zero-order valence-corrected chi connectivity index (χ0v) is 11.9. The first-order valence-corrected chi connectivity index (χ1v) is 6.59. The Morgan fingerprint density at radius 2 is 1.78 bits per heavy atom. The van der Waals surface area contributed by atoms with Crippen molar-refractivity contribution in [3.05, 3.63) is 52.0 Å². The van der Waals surface area contributed by atoms with Crippen molar-refractivity contribution in [1.82, 2.24) is 14.8 Å². The van der Waals surface area contributed by atoms with Crippen LogP contribution in [-0.4, -0.2) is 14.8 Å². The van der Waals surface area contributed by atoms with Crippen LogP contribution in [0.5, 0.6) is 0 Å². The Balaban J connectivity index is 2.23. The van der Waals surface area contributed by atoms with Gasteiger partial charge in [0.25, 0.3) is 0 Å². The summed E-state index contributed by atoms with van der Waals surface area (Å²) >= 11 is 9.50. The smallest absolute Gasteiger partial charge is 0.229 e. The van der Waals surface area contributed by atoms with E-state index in [0.29, 0.717) is 5.28 Å². The van der Waals surface area contributed by atoms with Gasteiger partial charge in [-0.15, -0.1) is 10.2 Å². The molecular weight excluding hydrogens is 314 g/mol. The van der Waals surface area contributed by atoms with E-state index in [9.17, 15) is 0 Å². The molecule has 0 saturated carbocycles. The number of benzene rings is 2. The molecule has 0 bridgehead atoms. The highest BCUT2D eigenvalue weighted by Crippen LogP contribution is 2.24. The standard InChI is InChI=1S/C13H9BrClN3/c1-8-16-17-13(15)18(8)12-5-3-9-6-11(14)4-2-10(9)7-12/h2-7H,1H3. The molecule has 90 valence electrons. The molecule has 0 aliphatic heterocycles. The highest BCUT2D eigenvalue weighted by Gasteiger charge is 2.08. The zero-order valence-electron chi connectivity index (χ0n) is 9.56. The molecule has 18 heavy (non-hydrogen) atoms. The summed E-state index contributed by atoms with van der Waals surface area (Å²) in [7, 11) is 0. The van der Waals surface area contributed by atoms with E-state index in [0.717, 1.165) is 21.4 Å². The first-order chi connectivity index (χ1) is 8.65. The van der Waals surface area contributed by atoms with E-state index < -0.39 is 0 Å². The van der Waals surface area contributed by atoms with Crippen molar-refractivity contribution < 1.29 is 0 Å². The van der Waals surface area contributed by atoms with Crippen molar-refractivity contribution in [2.45, 2.75) is 6.92 Å². The SMILES string of the molecule is Cc1nnc(Cl)n1-c1ccc2cc(Br)ccc2c1. The molecule has 0 saturated heterocycles. The second kappa shape index (κ2) is 4.37. The number of aryl methyl sites for hydroxylation is 1. The number of aromatic nitrogens is 3. The van der Waals surface area contributed by atoms with Gasteiger partial charge in [-0.2, -0.15) is 0 Å². The third-order valence-corrected chi connectivity index (χ3v) is 3.57. The maximum Gasteiger partial charge on any atom is 0.229 e. The molecule has 0 aliphatic rings. The molecule has 2 aromatic carbocycles. The molecule has 3 nitrogen and oxygen atoms in total. The lowest BCUT2D eigenvalue weighted by atomic mass is 10.1. The molecule has 3 rings (SSSR count). The highest BCUT2D eigenvalue weighted by atomic mass is 79.9. The summed E-state index contributed by atoms with van der Waals surface area (Å²) in [5.41, 5.74) is 0.970. The molecular formula is C13H9BrClN3. The summed E-state index contributed by atoms with van der Waals surface area (Å²) in [5.74, 6) is 0.775. The molecule has 5 heteroatoms. The Kier molecular flexibility index (Phi) is 2.84. The Hall–Kier alpha value is -1.39. The van der Waals surface area contributed by atoms with Crippen molar-refractivity contribution in [2.75, 3.05) is 0 Å². The van der Waals surface area contributed by atoms with E-state index in [4.69, 9.17) is 11.6 Å². The second-order valence-corrected chi connectivity index (χ2v) is 5.28. The number of rotatable bonds is 1. The molecule has 0 amide bonds. The summed E-state index contributed by atoms with van der Waals surface area (Å²) in [5, 5.41) is 10.5. The van der Waals surface area contributed by atoms with Gasteiger partial charge in [-0.25, -0.2) is 0 Å². The first-order valence-electron chi connectivity index (χ1n) is 5.42. The van der Waals surface area contributed by atoms with Crippen LogP contribution in [0.15, 0.2) is 40.9 Å². The van der Waals surface area contributed by atoms with Crippen molar-refractivity contribution in [1.29, 1.82) is 0 Å². The predicted molar refractivity (Wildman–Crippen MR) is 76.3 cm³/mol. The van der Waals surface area contributed by atoms with Gasteiger partial charge in [0.05, 0.1) is 5.69 Å². The van der Waals surface area contributed by atoms with Crippen LogP contribution >= 0.6 is 27.5 Å².